The molecule has 0 aliphatic rings. The summed E-state index contributed by atoms with van der Waals surface area (Å²) in [5.41, 5.74) is 2.48. The van der Waals surface area contributed by atoms with Crippen LogP contribution >= 0.6 is 11.6 Å². The number of aromatic nitrogens is 2. The first-order chi connectivity index (χ1) is 11.0. The summed E-state index contributed by atoms with van der Waals surface area (Å²) in [6.07, 6.45) is 0. The van der Waals surface area contributed by atoms with Gasteiger partial charge in [0.15, 0.2) is 0 Å². The van der Waals surface area contributed by atoms with Gasteiger partial charge in [0.1, 0.15) is 5.82 Å². The van der Waals surface area contributed by atoms with Crippen molar-refractivity contribution in [1.82, 2.24) is 14.9 Å². The molecule has 3 rings (SSSR count). The highest BCUT2D eigenvalue weighted by Gasteiger charge is 2.17. The Morgan fingerprint density at radius 2 is 1.87 bits per heavy atom. The smallest absolute Gasteiger partial charge is 0.266 e. The zero-order valence-electron chi connectivity index (χ0n) is 13.3. The largest absolute Gasteiger partial charge is 0.311 e. The van der Waals surface area contributed by atoms with Crippen LogP contribution < -0.4 is 10.9 Å². The molecule has 0 aliphatic carbocycles. The van der Waals surface area contributed by atoms with Crippen molar-refractivity contribution in [2.75, 3.05) is 7.05 Å². The summed E-state index contributed by atoms with van der Waals surface area (Å²) < 4.78 is 1.66. The molecule has 1 atom stereocenters. The van der Waals surface area contributed by atoms with Gasteiger partial charge in [-0.3, -0.25) is 9.36 Å². The summed E-state index contributed by atoms with van der Waals surface area (Å²) in [5, 5.41) is 4.28. The van der Waals surface area contributed by atoms with Crippen LogP contribution in [0.5, 0.6) is 0 Å². The fourth-order valence-electron chi connectivity index (χ4n) is 2.54. The summed E-state index contributed by atoms with van der Waals surface area (Å²) in [5.74, 6) is 0.663. The molecule has 1 heterocycles. The lowest BCUT2D eigenvalue weighted by Gasteiger charge is -2.18. The molecule has 0 fully saturated rings. The van der Waals surface area contributed by atoms with Crippen LogP contribution in [-0.2, 0) is 0 Å². The third kappa shape index (κ3) is 2.87. The molecule has 0 saturated heterocycles. The van der Waals surface area contributed by atoms with E-state index in [4.69, 9.17) is 11.6 Å². The second-order valence-electron chi connectivity index (χ2n) is 5.62. The number of hydrogen-bond donors (Lipinski definition) is 1. The zero-order chi connectivity index (χ0) is 16.6. The average molecular weight is 328 g/mol. The Labute approximate surface area is 139 Å². The Balaban J connectivity index is 2.38. The Hall–Kier alpha value is -2.17. The van der Waals surface area contributed by atoms with Gasteiger partial charge in [-0.2, -0.15) is 0 Å². The van der Waals surface area contributed by atoms with Gasteiger partial charge in [-0.05, 0) is 51.2 Å². The first kappa shape index (κ1) is 15.7. The predicted molar refractivity (Wildman–Crippen MR) is 94.6 cm³/mol. The molecule has 0 radical (unpaired) electrons. The molecule has 0 saturated carbocycles. The summed E-state index contributed by atoms with van der Waals surface area (Å²) in [7, 11) is 1.85. The molecule has 0 spiro atoms. The molecule has 0 unspecified atom stereocenters. The Morgan fingerprint density at radius 3 is 2.52 bits per heavy atom. The van der Waals surface area contributed by atoms with E-state index in [0.29, 0.717) is 21.7 Å². The lowest BCUT2D eigenvalue weighted by atomic mass is 10.2. The van der Waals surface area contributed by atoms with Crippen molar-refractivity contribution in [2.24, 2.45) is 0 Å². The Kier molecular flexibility index (Phi) is 4.20. The van der Waals surface area contributed by atoms with E-state index < -0.39 is 0 Å². The maximum absolute atomic E-state index is 13.0. The molecule has 23 heavy (non-hydrogen) atoms. The van der Waals surface area contributed by atoms with Crippen molar-refractivity contribution in [3.63, 3.8) is 0 Å². The van der Waals surface area contributed by atoms with Gasteiger partial charge in [-0.25, -0.2) is 4.98 Å². The molecule has 2 aromatic carbocycles. The van der Waals surface area contributed by atoms with E-state index in [0.717, 1.165) is 11.3 Å². The molecule has 0 bridgehead atoms. The fourth-order valence-corrected chi connectivity index (χ4v) is 2.71. The van der Waals surface area contributed by atoms with Crippen molar-refractivity contribution < 1.29 is 0 Å². The van der Waals surface area contributed by atoms with Crippen LogP contribution in [-0.4, -0.2) is 16.6 Å². The van der Waals surface area contributed by atoms with Crippen LogP contribution in [0.1, 0.15) is 24.4 Å². The molecule has 0 amide bonds. The topological polar surface area (TPSA) is 46.9 Å². The SMILES string of the molecule is CN[C@@H](C)c1nc2cc(Cl)ccc2c(=O)n1-c1ccc(C)cc1. The maximum Gasteiger partial charge on any atom is 0.266 e. The van der Waals surface area contributed by atoms with Crippen LogP contribution in [0.25, 0.3) is 16.6 Å². The summed E-state index contributed by atoms with van der Waals surface area (Å²) in [6.45, 7) is 3.99. The number of fused-ring (bicyclic) bond motifs is 1. The molecule has 3 aromatic rings. The molecule has 5 heteroatoms. The van der Waals surface area contributed by atoms with Crippen LogP contribution in [0.15, 0.2) is 47.3 Å². The van der Waals surface area contributed by atoms with E-state index in [9.17, 15) is 4.79 Å². The monoisotopic (exact) mass is 327 g/mol. The van der Waals surface area contributed by atoms with Gasteiger partial charge >= 0.3 is 0 Å². The normalized spacial score (nSPS) is 12.5. The standard InChI is InChI=1S/C18H18ClN3O/c1-11-4-7-14(8-5-11)22-17(12(2)20-3)21-16-10-13(19)6-9-15(16)18(22)23/h4-10,12,20H,1-3H3/t12-/m0/s1. The number of aryl methyl sites for hydroxylation is 1. The van der Waals surface area contributed by atoms with Gasteiger partial charge in [-0.15, -0.1) is 0 Å². The lowest BCUT2D eigenvalue weighted by molar-refractivity contribution is 0.589. The van der Waals surface area contributed by atoms with E-state index >= 15 is 0 Å². The minimum atomic E-state index is -0.0902. The van der Waals surface area contributed by atoms with Crippen LogP contribution in [0.4, 0.5) is 0 Å². The maximum atomic E-state index is 13.0. The van der Waals surface area contributed by atoms with Crippen LogP contribution in [0.3, 0.4) is 0 Å². The van der Waals surface area contributed by atoms with E-state index in [-0.39, 0.29) is 11.6 Å². The number of benzene rings is 2. The van der Waals surface area contributed by atoms with E-state index in [1.165, 1.54) is 0 Å². The Bertz CT molecular complexity index is 916. The van der Waals surface area contributed by atoms with Gasteiger partial charge in [0, 0.05) is 5.02 Å². The molecule has 4 nitrogen and oxygen atoms in total. The van der Waals surface area contributed by atoms with Crippen LogP contribution in [0.2, 0.25) is 5.02 Å². The van der Waals surface area contributed by atoms with Crippen molar-refractivity contribution in [2.45, 2.75) is 19.9 Å². The number of nitrogens with zero attached hydrogens (tertiary/aromatic N) is 2. The van der Waals surface area contributed by atoms with Gasteiger partial charge in [0.2, 0.25) is 0 Å². The van der Waals surface area contributed by atoms with E-state index in [2.05, 4.69) is 10.3 Å². The van der Waals surface area contributed by atoms with Crippen molar-refractivity contribution >= 4 is 22.5 Å². The molecular weight excluding hydrogens is 310 g/mol. The minimum absolute atomic E-state index is 0.0765. The first-order valence-corrected chi connectivity index (χ1v) is 7.85. The number of hydrogen-bond acceptors (Lipinski definition) is 3. The third-order valence-corrected chi connectivity index (χ3v) is 4.20. The summed E-state index contributed by atoms with van der Waals surface area (Å²) in [6, 6.07) is 12.9. The van der Waals surface area contributed by atoms with Gasteiger partial charge in [-0.1, -0.05) is 29.3 Å². The van der Waals surface area contributed by atoms with Gasteiger partial charge in [0.25, 0.3) is 5.56 Å². The Morgan fingerprint density at radius 1 is 1.17 bits per heavy atom. The highest BCUT2D eigenvalue weighted by Crippen LogP contribution is 2.20. The average Bonchev–Trinajstić information content (AvgIpc) is 2.54. The number of nitrogens with one attached hydrogen (secondary N) is 1. The van der Waals surface area contributed by atoms with E-state index in [1.54, 1.807) is 22.8 Å². The lowest BCUT2D eigenvalue weighted by Crippen LogP contribution is -2.28. The molecule has 1 aromatic heterocycles. The van der Waals surface area contributed by atoms with Crippen molar-refractivity contribution in [3.8, 4) is 5.69 Å². The first-order valence-electron chi connectivity index (χ1n) is 7.48. The van der Waals surface area contributed by atoms with Crippen molar-refractivity contribution in [1.29, 1.82) is 0 Å². The van der Waals surface area contributed by atoms with E-state index in [1.807, 2.05) is 45.2 Å². The highest BCUT2D eigenvalue weighted by molar-refractivity contribution is 6.31. The predicted octanol–water partition coefficient (Wildman–Crippen LogP) is 3.63. The number of rotatable bonds is 3. The molecule has 0 aliphatic heterocycles. The molecule has 118 valence electrons. The third-order valence-electron chi connectivity index (χ3n) is 3.97. The highest BCUT2D eigenvalue weighted by atomic mass is 35.5. The van der Waals surface area contributed by atoms with Gasteiger partial charge < -0.3 is 5.32 Å². The second-order valence-corrected chi connectivity index (χ2v) is 6.05. The second kappa shape index (κ2) is 6.14. The quantitative estimate of drug-likeness (QED) is 0.799. The zero-order valence-corrected chi connectivity index (χ0v) is 14.1. The van der Waals surface area contributed by atoms with Crippen LogP contribution in [0, 0.1) is 6.92 Å². The minimum Gasteiger partial charge on any atom is -0.311 e. The van der Waals surface area contributed by atoms with Crippen molar-refractivity contribution in [3.05, 3.63) is 69.2 Å². The summed E-state index contributed by atoms with van der Waals surface area (Å²) >= 11 is 6.05. The number of halogens is 1. The summed E-state index contributed by atoms with van der Waals surface area (Å²) in [4.78, 5) is 17.7. The fraction of sp³-hybridized carbons (Fsp3) is 0.222. The molecule has 1 N–H and O–H groups in total. The molecular formula is C18H18ClN3O. The van der Waals surface area contributed by atoms with Gasteiger partial charge in [0.05, 0.1) is 22.6 Å².